The summed E-state index contributed by atoms with van der Waals surface area (Å²) < 4.78 is 33.9. The average Bonchev–Trinajstić information content (AvgIpc) is 3.49. The van der Waals surface area contributed by atoms with Crippen molar-refractivity contribution in [1.82, 2.24) is 4.90 Å². The first kappa shape index (κ1) is 25.8. The quantitative estimate of drug-likeness (QED) is 0.260. The Morgan fingerprint density at radius 2 is 1.77 bits per heavy atom. The van der Waals surface area contributed by atoms with Crippen LogP contribution in [0.1, 0.15) is 22.3 Å². The first-order chi connectivity index (χ1) is 18.5. The molecule has 1 fully saturated rings. The molecular formula is C25H20N4O9S. The summed E-state index contributed by atoms with van der Waals surface area (Å²) in [5.41, 5.74) is 0.315. The van der Waals surface area contributed by atoms with Crippen LogP contribution in [0.3, 0.4) is 0 Å². The van der Waals surface area contributed by atoms with E-state index in [-0.39, 0.29) is 41.6 Å². The molecule has 2 heterocycles. The van der Waals surface area contributed by atoms with Crippen LogP contribution in [0.15, 0.2) is 71.6 Å². The van der Waals surface area contributed by atoms with E-state index < -0.39 is 38.7 Å². The molecule has 0 aromatic heterocycles. The second-order valence-electron chi connectivity index (χ2n) is 8.75. The van der Waals surface area contributed by atoms with Crippen molar-refractivity contribution in [2.75, 3.05) is 11.7 Å². The minimum Gasteiger partial charge on any atom is -0.454 e. The number of fused-ring (bicyclic) bond motifs is 1. The minimum absolute atomic E-state index is 0.0317. The zero-order valence-electron chi connectivity index (χ0n) is 20.1. The van der Waals surface area contributed by atoms with Gasteiger partial charge in [0.1, 0.15) is 6.04 Å². The van der Waals surface area contributed by atoms with Crippen LogP contribution in [0.2, 0.25) is 0 Å². The number of ether oxygens (including phenoxy) is 2. The molecule has 3 aromatic carbocycles. The van der Waals surface area contributed by atoms with Crippen molar-refractivity contribution in [3.05, 3.63) is 88.0 Å². The normalized spacial score (nSPS) is 16.4. The predicted molar refractivity (Wildman–Crippen MR) is 134 cm³/mol. The number of amides is 3. The first-order valence-electron chi connectivity index (χ1n) is 11.5. The van der Waals surface area contributed by atoms with Gasteiger partial charge in [-0.05, 0) is 48.0 Å². The van der Waals surface area contributed by atoms with Gasteiger partial charge in [-0.15, -0.1) is 0 Å². The molecule has 39 heavy (non-hydrogen) atoms. The molecule has 2 aliphatic rings. The Kier molecular flexibility index (Phi) is 6.49. The highest BCUT2D eigenvalue weighted by Crippen LogP contribution is 2.34. The molecule has 5 rings (SSSR count). The lowest BCUT2D eigenvalue weighted by molar-refractivity contribution is -0.384. The summed E-state index contributed by atoms with van der Waals surface area (Å²) in [4.78, 5) is 52.7. The van der Waals surface area contributed by atoms with Crippen molar-refractivity contribution in [3.63, 3.8) is 0 Å². The predicted octanol–water partition coefficient (Wildman–Crippen LogP) is 1.95. The number of rotatable bonds is 7. The number of nitrogens with zero attached hydrogens (tertiary/aromatic N) is 3. The number of carbonyl (C=O) groups excluding carboxylic acids is 3. The number of hydrogen-bond acceptors (Lipinski definition) is 9. The summed E-state index contributed by atoms with van der Waals surface area (Å²) >= 11 is 0. The van der Waals surface area contributed by atoms with Crippen LogP contribution in [0.25, 0.3) is 0 Å². The second kappa shape index (κ2) is 9.81. The number of nitrogens with two attached hydrogens (primary N) is 1. The van der Waals surface area contributed by atoms with E-state index in [0.717, 1.165) is 23.1 Å². The summed E-state index contributed by atoms with van der Waals surface area (Å²) in [6, 6.07) is 13.6. The van der Waals surface area contributed by atoms with E-state index in [1.54, 1.807) is 18.2 Å². The van der Waals surface area contributed by atoms with E-state index >= 15 is 0 Å². The first-order valence-corrected chi connectivity index (χ1v) is 13.0. The van der Waals surface area contributed by atoms with Crippen LogP contribution in [0.5, 0.6) is 11.5 Å². The lowest BCUT2D eigenvalue weighted by Crippen LogP contribution is -2.45. The highest BCUT2D eigenvalue weighted by molar-refractivity contribution is 7.89. The van der Waals surface area contributed by atoms with Gasteiger partial charge in [0, 0.05) is 24.2 Å². The number of benzene rings is 3. The zero-order valence-corrected chi connectivity index (χ0v) is 20.9. The largest absolute Gasteiger partial charge is 0.454 e. The Hall–Kier alpha value is -4.82. The molecule has 0 spiro atoms. The van der Waals surface area contributed by atoms with Crippen molar-refractivity contribution in [3.8, 4) is 11.5 Å². The smallest absolute Gasteiger partial charge is 0.270 e. The lowest BCUT2D eigenvalue weighted by atomic mass is 10.1. The van der Waals surface area contributed by atoms with Crippen molar-refractivity contribution >= 4 is 39.1 Å². The molecule has 0 aliphatic carbocycles. The zero-order chi connectivity index (χ0) is 27.9. The van der Waals surface area contributed by atoms with E-state index in [1.165, 1.54) is 35.2 Å². The molecule has 14 heteroatoms. The molecule has 1 atom stereocenters. The third kappa shape index (κ3) is 5.02. The standard InChI is InChI=1S/C25H20N4O9S/c26-39(35,36)19-7-5-17(6-8-19)28-23(30)12-20(25(28)32)27(13-15-4-9-21-22(10-15)38-14-37-21)24(31)16-2-1-3-18(11-16)29(33)34/h1-11,20H,12-14H2,(H2,26,35,36). The van der Waals surface area contributed by atoms with E-state index in [1.807, 2.05) is 0 Å². The topological polar surface area (TPSA) is 179 Å². The maximum absolute atomic E-state index is 13.7. The Labute approximate surface area is 221 Å². The van der Waals surface area contributed by atoms with Gasteiger partial charge in [-0.1, -0.05) is 12.1 Å². The van der Waals surface area contributed by atoms with Gasteiger partial charge in [0.05, 0.1) is 21.9 Å². The summed E-state index contributed by atoms with van der Waals surface area (Å²) in [5.74, 6) is -1.08. The van der Waals surface area contributed by atoms with E-state index in [9.17, 15) is 32.9 Å². The van der Waals surface area contributed by atoms with Crippen molar-refractivity contribution in [2.45, 2.75) is 23.9 Å². The van der Waals surface area contributed by atoms with Crippen molar-refractivity contribution in [2.24, 2.45) is 5.14 Å². The molecule has 3 aromatic rings. The Morgan fingerprint density at radius 1 is 1.05 bits per heavy atom. The molecule has 2 aliphatic heterocycles. The molecule has 0 radical (unpaired) electrons. The number of hydrogen-bond donors (Lipinski definition) is 1. The fraction of sp³-hybridized carbons (Fsp3) is 0.160. The molecule has 0 saturated carbocycles. The van der Waals surface area contributed by atoms with E-state index in [4.69, 9.17) is 14.6 Å². The van der Waals surface area contributed by atoms with Gasteiger partial charge in [0.25, 0.3) is 17.5 Å². The van der Waals surface area contributed by atoms with Gasteiger partial charge in [-0.25, -0.2) is 18.5 Å². The van der Waals surface area contributed by atoms with Crippen LogP contribution in [-0.4, -0.2) is 48.8 Å². The van der Waals surface area contributed by atoms with E-state index in [0.29, 0.717) is 17.1 Å². The van der Waals surface area contributed by atoms with Gasteiger partial charge in [-0.2, -0.15) is 0 Å². The monoisotopic (exact) mass is 552 g/mol. The molecule has 200 valence electrons. The Balaban J connectivity index is 1.50. The summed E-state index contributed by atoms with van der Waals surface area (Å²) in [6.45, 7) is -0.0933. The number of carbonyl (C=O) groups is 3. The molecule has 2 N–H and O–H groups in total. The van der Waals surface area contributed by atoms with Gasteiger partial charge < -0.3 is 14.4 Å². The fourth-order valence-corrected chi connectivity index (χ4v) is 4.91. The van der Waals surface area contributed by atoms with Crippen LogP contribution in [0.4, 0.5) is 11.4 Å². The molecule has 1 saturated heterocycles. The number of sulfonamides is 1. The summed E-state index contributed by atoms with van der Waals surface area (Å²) in [6.07, 6.45) is -0.360. The number of imide groups is 1. The average molecular weight is 553 g/mol. The van der Waals surface area contributed by atoms with Crippen molar-refractivity contribution in [1.29, 1.82) is 0 Å². The fourth-order valence-electron chi connectivity index (χ4n) is 4.39. The van der Waals surface area contributed by atoms with Crippen LogP contribution in [-0.2, 0) is 26.2 Å². The lowest BCUT2D eigenvalue weighted by Gasteiger charge is -2.28. The summed E-state index contributed by atoms with van der Waals surface area (Å²) in [7, 11) is -3.99. The van der Waals surface area contributed by atoms with Gasteiger partial charge in [-0.3, -0.25) is 24.5 Å². The second-order valence-corrected chi connectivity index (χ2v) is 10.3. The SMILES string of the molecule is NS(=O)(=O)c1ccc(N2C(=O)CC(N(Cc3ccc4c(c3)OCO4)C(=O)c3cccc([N+](=O)[O-])c3)C2=O)cc1. The molecular weight excluding hydrogens is 532 g/mol. The number of primary sulfonamides is 1. The maximum Gasteiger partial charge on any atom is 0.270 e. The third-order valence-electron chi connectivity index (χ3n) is 6.28. The van der Waals surface area contributed by atoms with Crippen molar-refractivity contribution < 1.29 is 37.2 Å². The molecule has 0 bridgehead atoms. The number of nitro groups is 1. The molecule has 13 nitrogen and oxygen atoms in total. The Morgan fingerprint density at radius 3 is 2.46 bits per heavy atom. The number of non-ortho nitro benzene ring substituents is 1. The molecule has 1 unspecified atom stereocenters. The highest BCUT2D eigenvalue weighted by Gasteiger charge is 2.44. The highest BCUT2D eigenvalue weighted by atomic mass is 32.2. The third-order valence-corrected chi connectivity index (χ3v) is 7.21. The molecule has 3 amide bonds. The Bertz CT molecular complexity index is 1620. The number of nitro benzene ring substituents is 1. The van der Waals surface area contributed by atoms with Crippen LogP contribution < -0.4 is 19.5 Å². The van der Waals surface area contributed by atoms with E-state index in [2.05, 4.69) is 0 Å². The van der Waals surface area contributed by atoms with Gasteiger partial charge >= 0.3 is 0 Å². The number of anilines is 1. The van der Waals surface area contributed by atoms with Crippen LogP contribution in [0, 0.1) is 10.1 Å². The summed E-state index contributed by atoms with van der Waals surface area (Å²) in [5, 5.41) is 16.4. The minimum atomic E-state index is -3.99. The van der Waals surface area contributed by atoms with Gasteiger partial charge in [0.15, 0.2) is 11.5 Å². The van der Waals surface area contributed by atoms with Gasteiger partial charge in [0.2, 0.25) is 22.7 Å². The van der Waals surface area contributed by atoms with Crippen LogP contribution >= 0.6 is 0 Å². The maximum atomic E-state index is 13.7.